The molecule has 0 amide bonds. The molecule has 0 saturated heterocycles. The molecule has 46 heavy (non-hydrogen) atoms. The van der Waals surface area contributed by atoms with Gasteiger partial charge in [0.15, 0.2) is 0 Å². The fourth-order valence-electron chi connectivity index (χ4n) is 6.80. The van der Waals surface area contributed by atoms with Crippen molar-refractivity contribution in [2.75, 3.05) is 4.90 Å². The van der Waals surface area contributed by atoms with E-state index in [4.69, 9.17) is 0 Å². The van der Waals surface area contributed by atoms with Crippen molar-refractivity contribution in [2.45, 2.75) is 0 Å². The van der Waals surface area contributed by atoms with E-state index in [0.29, 0.717) is 0 Å². The van der Waals surface area contributed by atoms with Crippen LogP contribution in [0.3, 0.4) is 0 Å². The van der Waals surface area contributed by atoms with Crippen molar-refractivity contribution in [1.29, 1.82) is 0 Å². The van der Waals surface area contributed by atoms with Gasteiger partial charge in [0.1, 0.15) is 0 Å². The largest absolute Gasteiger partial charge is 0.310 e. The Bertz CT molecular complexity index is 2460. The van der Waals surface area contributed by atoms with Gasteiger partial charge < -0.3 is 4.90 Å². The molecular formula is C44H29NS. The Morgan fingerprint density at radius 2 is 0.870 bits per heavy atom. The van der Waals surface area contributed by atoms with E-state index in [1.807, 2.05) is 11.3 Å². The van der Waals surface area contributed by atoms with Gasteiger partial charge in [-0.15, -0.1) is 11.3 Å². The molecular weight excluding hydrogens is 575 g/mol. The molecule has 0 aliphatic rings. The second-order valence-corrected chi connectivity index (χ2v) is 12.8. The molecule has 0 aliphatic heterocycles. The summed E-state index contributed by atoms with van der Waals surface area (Å²) >= 11 is 1.88. The van der Waals surface area contributed by atoms with E-state index in [9.17, 15) is 0 Å². The first-order chi connectivity index (χ1) is 22.8. The minimum atomic E-state index is 1.12. The normalized spacial score (nSPS) is 11.5. The molecule has 0 radical (unpaired) electrons. The summed E-state index contributed by atoms with van der Waals surface area (Å²) in [5.74, 6) is 0. The first-order valence-corrected chi connectivity index (χ1v) is 16.5. The maximum absolute atomic E-state index is 2.37. The number of rotatable bonds is 5. The van der Waals surface area contributed by atoms with Crippen molar-refractivity contribution in [3.8, 4) is 22.3 Å². The predicted molar refractivity (Wildman–Crippen MR) is 200 cm³/mol. The molecule has 0 N–H and O–H groups in total. The molecule has 1 heterocycles. The molecule has 8 aromatic carbocycles. The summed E-state index contributed by atoms with van der Waals surface area (Å²) in [5.41, 5.74) is 8.38. The molecule has 0 atom stereocenters. The fraction of sp³-hybridized carbons (Fsp3) is 0. The van der Waals surface area contributed by atoms with Crippen LogP contribution in [0.4, 0.5) is 17.1 Å². The van der Waals surface area contributed by atoms with Crippen LogP contribution in [-0.2, 0) is 0 Å². The molecule has 0 saturated carbocycles. The molecule has 0 bridgehead atoms. The van der Waals surface area contributed by atoms with Gasteiger partial charge in [-0.1, -0.05) is 133 Å². The Labute approximate surface area is 272 Å². The van der Waals surface area contributed by atoms with Gasteiger partial charge in [-0.05, 0) is 80.7 Å². The van der Waals surface area contributed by atoms with Crippen molar-refractivity contribution in [2.24, 2.45) is 0 Å². The average Bonchev–Trinajstić information content (AvgIpc) is 3.51. The molecule has 9 aromatic rings. The Morgan fingerprint density at radius 3 is 1.57 bits per heavy atom. The standard InChI is InChI=1S/C44H29NS/c1-3-12-33-28-36(26-20-30(33)10-1)45(37-27-21-31-11-2-4-13-34(31)29-37)35-24-22-32(23-25-35)38-14-5-6-15-39(38)41-17-9-18-42-40-16-7-8-19-43(40)46-44(41)42/h1-29H. The SMILES string of the molecule is c1ccc(-c2cccc3c2sc2ccccc23)c(-c2ccc(N(c3ccc4ccccc4c3)c3ccc4ccccc4c3)cc2)c1. The molecule has 1 nitrogen and oxygen atoms in total. The van der Waals surface area contributed by atoms with Crippen LogP contribution in [0.5, 0.6) is 0 Å². The minimum Gasteiger partial charge on any atom is -0.310 e. The number of hydrogen-bond donors (Lipinski definition) is 0. The summed E-state index contributed by atoms with van der Waals surface area (Å²) < 4.78 is 2.67. The number of benzene rings is 8. The summed E-state index contributed by atoms with van der Waals surface area (Å²) in [6.07, 6.45) is 0. The third kappa shape index (κ3) is 4.54. The molecule has 216 valence electrons. The topological polar surface area (TPSA) is 3.24 Å². The smallest absolute Gasteiger partial charge is 0.0468 e. The summed E-state index contributed by atoms with van der Waals surface area (Å²) in [5, 5.41) is 7.59. The van der Waals surface area contributed by atoms with E-state index in [1.54, 1.807) is 0 Å². The Hall–Kier alpha value is -5.70. The minimum absolute atomic E-state index is 1.12. The highest BCUT2D eigenvalue weighted by Gasteiger charge is 2.16. The first kappa shape index (κ1) is 26.7. The molecule has 0 fully saturated rings. The van der Waals surface area contributed by atoms with Crippen LogP contribution in [0, 0.1) is 0 Å². The van der Waals surface area contributed by atoms with Crippen LogP contribution < -0.4 is 4.90 Å². The third-order valence-corrected chi connectivity index (χ3v) is 10.3. The maximum atomic E-state index is 2.37. The lowest BCUT2D eigenvalue weighted by molar-refractivity contribution is 1.29. The molecule has 0 aliphatic carbocycles. The quantitative estimate of drug-likeness (QED) is 0.189. The lowest BCUT2D eigenvalue weighted by atomic mass is 9.93. The van der Waals surface area contributed by atoms with Crippen LogP contribution in [0.25, 0.3) is 64.0 Å². The van der Waals surface area contributed by atoms with E-state index < -0.39 is 0 Å². The average molecular weight is 604 g/mol. The Kier molecular flexibility index (Phi) is 6.40. The summed E-state index contributed by atoms with van der Waals surface area (Å²) in [7, 11) is 0. The van der Waals surface area contributed by atoms with Crippen molar-refractivity contribution < 1.29 is 0 Å². The predicted octanol–water partition coefficient (Wildman–Crippen LogP) is 13.2. The highest BCUT2D eigenvalue weighted by atomic mass is 32.1. The van der Waals surface area contributed by atoms with Gasteiger partial charge in [0.25, 0.3) is 0 Å². The zero-order valence-electron chi connectivity index (χ0n) is 25.1. The number of fused-ring (bicyclic) bond motifs is 5. The van der Waals surface area contributed by atoms with Gasteiger partial charge in [-0.3, -0.25) is 0 Å². The van der Waals surface area contributed by atoms with Crippen molar-refractivity contribution >= 4 is 70.1 Å². The van der Waals surface area contributed by atoms with Gasteiger partial charge in [-0.25, -0.2) is 0 Å². The van der Waals surface area contributed by atoms with Crippen LogP contribution in [0.15, 0.2) is 176 Å². The van der Waals surface area contributed by atoms with E-state index in [2.05, 4.69) is 181 Å². The number of hydrogen-bond acceptors (Lipinski definition) is 2. The van der Waals surface area contributed by atoms with E-state index in [0.717, 1.165) is 17.1 Å². The lowest BCUT2D eigenvalue weighted by Crippen LogP contribution is -2.09. The molecule has 2 heteroatoms. The van der Waals surface area contributed by atoms with E-state index >= 15 is 0 Å². The molecule has 9 rings (SSSR count). The van der Waals surface area contributed by atoms with Gasteiger partial charge in [0.2, 0.25) is 0 Å². The van der Waals surface area contributed by atoms with Gasteiger partial charge in [0, 0.05) is 42.8 Å². The first-order valence-electron chi connectivity index (χ1n) is 15.7. The highest BCUT2D eigenvalue weighted by molar-refractivity contribution is 7.26. The highest BCUT2D eigenvalue weighted by Crippen LogP contribution is 2.43. The summed E-state index contributed by atoms with van der Waals surface area (Å²) in [6.45, 7) is 0. The van der Waals surface area contributed by atoms with Gasteiger partial charge in [-0.2, -0.15) is 0 Å². The van der Waals surface area contributed by atoms with Gasteiger partial charge >= 0.3 is 0 Å². The number of anilines is 3. The van der Waals surface area contributed by atoms with Crippen molar-refractivity contribution in [3.63, 3.8) is 0 Å². The fourth-order valence-corrected chi connectivity index (χ4v) is 8.03. The van der Waals surface area contributed by atoms with Crippen LogP contribution in [0.1, 0.15) is 0 Å². The molecule has 1 aromatic heterocycles. The summed E-state index contributed by atoms with van der Waals surface area (Å²) in [4.78, 5) is 2.37. The second-order valence-electron chi connectivity index (χ2n) is 11.8. The van der Waals surface area contributed by atoms with Crippen LogP contribution in [-0.4, -0.2) is 0 Å². The monoisotopic (exact) mass is 603 g/mol. The Morgan fingerprint density at radius 1 is 0.348 bits per heavy atom. The van der Waals surface area contributed by atoms with Crippen LogP contribution >= 0.6 is 11.3 Å². The van der Waals surface area contributed by atoms with Gasteiger partial charge in [0.05, 0.1) is 0 Å². The maximum Gasteiger partial charge on any atom is 0.0468 e. The lowest BCUT2D eigenvalue weighted by Gasteiger charge is -2.26. The Balaban J connectivity index is 1.17. The van der Waals surface area contributed by atoms with Crippen LogP contribution in [0.2, 0.25) is 0 Å². The number of nitrogens with zero attached hydrogens (tertiary/aromatic N) is 1. The molecule has 0 unspecified atom stereocenters. The van der Waals surface area contributed by atoms with E-state index in [1.165, 1.54) is 64.0 Å². The second kappa shape index (κ2) is 11.0. The van der Waals surface area contributed by atoms with E-state index in [-0.39, 0.29) is 0 Å². The molecule has 0 spiro atoms. The van der Waals surface area contributed by atoms with Crippen molar-refractivity contribution in [3.05, 3.63) is 176 Å². The summed E-state index contributed by atoms with van der Waals surface area (Å²) in [6, 6.07) is 63.9. The zero-order chi connectivity index (χ0) is 30.5. The third-order valence-electron chi connectivity index (χ3n) is 9.04. The zero-order valence-corrected chi connectivity index (χ0v) is 25.9. The van der Waals surface area contributed by atoms with Crippen molar-refractivity contribution in [1.82, 2.24) is 0 Å². The number of thiophene rings is 1.